The van der Waals surface area contributed by atoms with Crippen LogP contribution < -0.4 is 10.6 Å². The third kappa shape index (κ3) is 5.72. The van der Waals surface area contributed by atoms with Gasteiger partial charge in [0.1, 0.15) is 18.3 Å². The van der Waals surface area contributed by atoms with Gasteiger partial charge in [0.2, 0.25) is 5.91 Å². The number of nitrogens with zero attached hydrogens (tertiary/aromatic N) is 4. The van der Waals surface area contributed by atoms with Gasteiger partial charge in [-0.3, -0.25) is 4.79 Å². The van der Waals surface area contributed by atoms with Crippen molar-refractivity contribution >= 4 is 5.91 Å². The summed E-state index contributed by atoms with van der Waals surface area (Å²) in [4.78, 5) is 13.9. The van der Waals surface area contributed by atoms with Crippen molar-refractivity contribution in [2.75, 3.05) is 34.2 Å². The molecule has 1 aromatic heterocycles. The Bertz CT molecular complexity index is 552. The summed E-state index contributed by atoms with van der Waals surface area (Å²) < 4.78 is 7.24. The third-order valence-corrected chi connectivity index (χ3v) is 4.04. The zero-order valence-electron chi connectivity index (χ0n) is 14.9. The zero-order valence-corrected chi connectivity index (χ0v) is 14.9. The molecule has 10 nitrogen and oxygen atoms in total. The smallest absolute Gasteiger partial charge is 0.222 e. The van der Waals surface area contributed by atoms with Gasteiger partial charge in [-0.1, -0.05) is 5.21 Å². The van der Waals surface area contributed by atoms with Gasteiger partial charge >= 0.3 is 0 Å². The van der Waals surface area contributed by atoms with Crippen LogP contribution in [0.3, 0.4) is 0 Å². The lowest BCUT2D eigenvalue weighted by Gasteiger charge is -2.15. The molecule has 0 aromatic carbocycles. The second kappa shape index (κ2) is 9.20. The highest BCUT2D eigenvalue weighted by Gasteiger charge is 2.43. The monoisotopic (exact) mass is 356 g/mol. The van der Waals surface area contributed by atoms with E-state index in [2.05, 4.69) is 20.9 Å². The van der Waals surface area contributed by atoms with Gasteiger partial charge in [0.05, 0.1) is 24.8 Å². The van der Waals surface area contributed by atoms with Crippen molar-refractivity contribution < 1.29 is 19.7 Å². The first kappa shape index (κ1) is 19.7. The topological polar surface area (TPSA) is 125 Å². The summed E-state index contributed by atoms with van der Waals surface area (Å²) in [5.41, 5.74) is 0.771. The van der Waals surface area contributed by atoms with E-state index < -0.39 is 24.4 Å². The number of hydrogen-bond acceptors (Lipinski definition) is 8. The number of hydrogen-bond donors (Lipinski definition) is 4. The van der Waals surface area contributed by atoms with E-state index in [9.17, 15) is 15.0 Å². The Balaban J connectivity index is 1.83. The van der Waals surface area contributed by atoms with Gasteiger partial charge in [0, 0.05) is 25.8 Å². The largest absolute Gasteiger partial charge is 0.388 e. The van der Waals surface area contributed by atoms with Crippen LogP contribution in [-0.4, -0.2) is 94.7 Å². The maximum atomic E-state index is 11.9. The van der Waals surface area contributed by atoms with Gasteiger partial charge in [-0.2, -0.15) is 0 Å². The van der Waals surface area contributed by atoms with Crippen LogP contribution in [0.2, 0.25) is 0 Å². The fraction of sp³-hybridized carbons (Fsp3) is 0.800. The highest BCUT2D eigenvalue weighted by atomic mass is 16.5. The average Bonchev–Trinajstić information content (AvgIpc) is 3.08. The first-order valence-corrected chi connectivity index (χ1v) is 8.37. The van der Waals surface area contributed by atoms with Crippen molar-refractivity contribution in [1.29, 1.82) is 0 Å². The molecule has 25 heavy (non-hydrogen) atoms. The van der Waals surface area contributed by atoms with Gasteiger partial charge in [-0.15, -0.1) is 5.10 Å². The van der Waals surface area contributed by atoms with Crippen molar-refractivity contribution in [3.05, 3.63) is 11.9 Å². The minimum absolute atomic E-state index is 0.00448. The summed E-state index contributed by atoms with van der Waals surface area (Å²) in [6, 6.07) is 0. The molecule has 0 unspecified atom stereocenters. The van der Waals surface area contributed by atoms with E-state index in [0.29, 0.717) is 13.1 Å². The normalized spacial score (nSPS) is 26.3. The molecule has 1 aliphatic rings. The fourth-order valence-electron chi connectivity index (χ4n) is 2.69. The molecule has 0 saturated carbocycles. The van der Waals surface area contributed by atoms with Crippen LogP contribution in [0.1, 0.15) is 12.1 Å². The van der Waals surface area contributed by atoms with E-state index in [-0.39, 0.29) is 18.9 Å². The Labute approximate surface area is 147 Å². The summed E-state index contributed by atoms with van der Waals surface area (Å²) >= 11 is 0. The van der Waals surface area contributed by atoms with Crippen molar-refractivity contribution in [2.24, 2.45) is 0 Å². The number of rotatable bonds is 9. The lowest BCUT2D eigenvalue weighted by molar-refractivity contribution is -0.125. The Morgan fingerprint density at radius 3 is 2.76 bits per heavy atom. The van der Waals surface area contributed by atoms with Crippen molar-refractivity contribution in [3.63, 3.8) is 0 Å². The van der Waals surface area contributed by atoms with Gasteiger partial charge in [0.25, 0.3) is 0 Å². The summed E-state index contributed by atoms with van der Waals surface area (Å²) in [6.45, 7) is 2.10. The molecule has 0 aliphatic carbocycles. The van der Waals surface area contributed by atoms with Crippen LogP contribution in [0.5, 0.6) is 0 Å². The summed E-state index contributed by atoms with van der Waals surface area (Å²) in [5, 5.41) is 34.0. The van der Waals surface area contributed by atoms with Crippen LogP contribution in [0, 0.1) is 0 Å². The first-order valence-electron chi connectivity index (χ1n) is 8.37. The van der Waals surface area contributed by atoms with E-state index in [1.54, 1.807) is 10.9 Å². The number of likely N-dealkylation sites (N-methyl/N-ethyl adjacent to an activating group) is 1. The van der Waals surface area contributed by atoms with Gasteiger partial charge in [0.15, 0.2) is 0 Å². The standard InChI is InChI=1S/C15H28N6O4/c1-16-7-10-8-21(19-18-10)9-12-15(24)14(23)11(25-12)6-13(22)17-4-5-20(2)3/h8,11-12,14-16,23-24H,4-7,9H2,1-3H3,(H,17,22)/t11-,12+,14-,15+/m0/s1. The Kier molecular flexibility index (Phi) is 7.26. The van der Waals surface area contributed by atoms with Gasteiger partial charge in [-0.25, -0.2) is 4.68 Å². The van der Waals surface area contributed by atoms with Crippen molar-refractivity contribution in [2.45, 2.75) is 43.9 Å². The second-order valence-electron chi connectivity index (χ2n) is 6.51. The minimum Gasteiger partial charge on any atom is -0.388 e. The lowest BCUT2D eigenvalue weighted by atomic mass is 10.1. The molecule has 0 bridgehead atoms. The van der Waals surface area contributed by atoms with E-state index in [1.807, 2.05) is 26.0 Å². The predicted molar refractivity (Wildman–Crippen MR) is 89.6 cm³/mol. The molecule has 1 aromatic rings. The molecule has 4 N–H and O–H groups in total. The molecule has 0 radical (unpaired) electrons. The molecule has 0 spiro atoms. The number of nitrogens with one attached hydrogen (secondary N) is 2. The summed E-state index contributed by atoms with van der Waals surface area (Å²) in [6.07, 6.45) is -1.80. The maximum Gasteiger partial charge on any atom is 0.222 e. The molecule has 4 atom stereocenters. The number of carbonyl (C=O) groups is 1. The highest BCUT2D eigenvalue weighted by Crippen LogP contribution is 2.24. The maximum absolute atomic E-state index is 11.9. The molecule has 142 valence electrons. The lowest BCUT2D eigenvalue weighted by Crippen LogP contribution is -2.37. The van der Waals surface area contributed by atoms with Crippen molar-refractivity contribution in [1.82, 2.24) is 30.5 Å². The third-order valence-electron chi connectivity index (χ3n) is 4.04. The fourth-order valence-corrected chi connectivity index (χ4v) is 2.69. The SMILES string of the molecule is CNCc1cn(C[C@H]2O[C@@H](CC(=O)NCCN(C)C)[C@H](O)[C@@H]2O)nn1. The molecule has 10 heteroatoms. The second-order valence-corrected chi connectivity index (χ2v) is 6.51. The van der Waals surface area contributed by atoms with Crippen LogP contribution in [-0.2, 0) is 22.6 Å². The molecule has 1 amide bonds. The Morgan fingerprint density at radius 2 is 2.08 bits per heavy atom. The van der Waals surface area contributed by atoms with Gasteiger partial charge < -0.3 is 30.5 Å². The number of aliphatic hydroxyl groups is 2. The van der Waals surface area contributed by atoms with E-state index in [4.69, 9.17) is 4.74 Å². The zero-order chi connectivity index (χ0) is 18.4. The van der Waals surface area contributed by atoms with Crippen LogP contribution >= 0.6 is 0 Å². The molecule has 1 fully saturated rings. The quantitative estimate of drug-likeness (QED) is 0.384. The number of aromatic nitrogens is 3. The Morgan fingerprint density at radius 1 is 1.36 bits per heavy atom. The Hall–Kier alpha value is -1.59. The molecule has 2 heterocycles. The molecular formula is C15H28N6O4. The van der Waals surface area contributed by atoms with Crippen LogP contribution in [0.15, 0.2) is 6.20 Å². The molecular weight excluding hydrogens is 328 g/mol. The highest BCUT2D eigenvalue weighted by molar-refractivity contribution is 5.76. The average molecular weight is 356 g/mol. The van der Waals surface area contributed by atoms with Gasteiger partial charge in [-0.05, 0) is 21.1 Å². The predicted octanol–water partition coefficient (Wildman–Crippen LogP) is -2.45. The van der Waals surface area contributed by atoms with E-state index in [1.165, 1.54) is 0 Å². The minimum atomic E-state index is -1.11. The van der Waals surface area contributed by atoms with E-state index in [0.717, 1.165) is 12.2 Å². The number of amides is 1. The first-order chi connectivity index (χ1) is 11.9. The molecule has 1 saturated heterocycles. The molecule has 1 aliphatic heterocycles. The number of carbonyl (C=O) groups excluding carboxylic acids is 1. The van der Waals surface area contributed by atoms with E-state index >= 15 is 0 Å². The summed E-state index contributed by atoms with van der Waals surface area (Å²) in [7, 11) is 5.65. The number of ether oxygens (including phenoxy) is 1. The number of aliphatic hydroxyl groups excluding tert-OH is 2. The van der Waals surface area contributed by atoms with Crippen molar-refractivity contribution in [3.8, 4) is 0 Å². The molecule has 2 rings (SSSR count). The summed E-state index contributed by atoms with van der Waals surface area (Å²) in [5.74, 6) is -0.212. The van der Waals surface area contributed by atoms with Crippen LogP contribution in [0.4, 0.5) is 0 Å². The van der Waals surface area contributed by atoms with Crippen LogP contribution in [0.25, 0.3) is 0 Å².